The van der Waals surface area contributed by atoms with Crippen LogP contribution < -0.4 is 89.7 Å². The van der Waals surface area contributed by atoms with Crippen LogP contribution in [0.5, 0.6) is 5.75 Å². The molecule has 0 saturated carbocycles. The van der Waals surface area contributed by atoms with Gasteiger partial charge in [-0.05, 0) is 25.1 Å². The molecule has 0 aliphatic heterocycles. The molecule has 21 heteroatoms. The predicted molar refractivity (Wildman–Crippen MR) is 134 cm³/mol. The number of nitrogens with zero attached hydrogens (tertiary/aromatic N) is 4. The third kappa shape index (κ3) is 8.62. The second kappa shape index (κ2) is 14.3. The molecule has 0 atom stereocenters. The number of furan rings is 1. The normalized spacial score (nSPS) is 12.3. The summed E-state index contributed by atoms with van der Waals surface area (Å²) in [5.41, 5.74) is -0.980. The number of amides is 1. The summed E-state index contributed by atoms with van der Waals surface area (Å²) in [6, 6.07) is 3.18. The number of halogens is 4. The van der Waals surface area contributed by atoms with Gasteiger partial charge in [0.15, 0.2) is 4.80 Å². The molecule has 43 heavy (non-hydrogen) atoms. The van der Waals surface area contributed by atoms with Gasteiger partial charge in [-0.25, -0.2) is 4.79 Å². The molecule has 0 aliphatic rings. The van der Waals surface area contributed by atoms with Gasteiger partial charge in [0.25, 0.3) is 11.5 Å². The zero-order valence-electron chi connectivity index (χ0n) is 23.1. The number of phosphoric ester groups is 1. The van der Waals surface area contributed by atoms with Crippen LogP contribution in [0.3, 0.4) is 0 Å². The van der Waals surface area contributed by atoms with Gasteiger partial charge in [-0.3, -0.25) is 23.3 Å². The summed E-state index contributed by atoms with van der Waals surface area (Å²) in [7, 11) is -2.86. The second-order valence-electron chi connectivity index (χ2n) is 8.43. The van der Waals surface area contributed by atoms with E-state index in [0.717, 1.165) is 37.2 Å². The maximum Gasteiger partial charge on any atom is 1.00 e. The van der Waals surface area contributed by atoms with Crippen molar-refractivity contribution in [3.63, 3.8) is 0 Å². The molecule has 220 valence electrons. The van der Waals surface area contributed by atoms with Gasteiger partial charge in [-0.2, -0.15) is 4.99 Å². The van der Waals surface area contributed by atoms with Gasteiger partial charge < -0.3 is 28.0 Å². The minimum absolute atomic E-state index is 0. The number of rotatable bonds is 7. The fraction of sp³-hybridized carbons (Fsp3) is 0.273. The first-order chi connectivity index (χ1) is 19.0. The van der Waals surface area contributed by atoms with Crippen LogP contribution in [0.25, 0.3) is 22.4 Å². The van der Waals surface area contributed by atoms with Crippen LogP contribution in [-0.2, 0) is 41.1 Å². The molecular formula is C22H17ClF3N4Na2O9PS. The number of alkyl halides is 3. The average molecular weight is 683 g/mol. The van der Waals surface area contributed by atoms with Crippen LogP contribution in [0.15, 0.2) is 42.6 Å². The van der Waals surface area contributed by atoms with Crippen molar-refractivity contribution >= 4 is 47.8 Å². The smallest absolute Gasteiger partial charge is 0.790 e. The zero-order valence-corrected chi connectivity index (χ0v) is 29.5. The topological polar surface area (TPSA) is 173 Å². The van der Waals surface area contributed by atoms with Gasteiger partial charge in [-0.15, -0.1) is 24.5 Å². The number of carbonyl (C=O) groups excluding carboxylic acids is 1. The Morgan fingerprint density at radius 1 is 1.19 bits per heavy atom. The number of hydrogen-bond donors (Lipinski definition) is 0. The largest absolute Gasteiger partial charge is 1.00 e. The summed E-state index contributed by atoms with van der Waals surface area (Å²) in [6.45, 7) is 0.559. The van der Waals surface area contributed by atoms with E-state index in [1.807, 2.05) is 0 Å². The van der Waals surface area contributed by atoms with Crippen LogP contribution in [0.2, 0.25) is 5.02 Å². The standard InChI is InChI=1S/C22H19ClF3N4O9PS.2Na/c1-10-12(17-18(32)28(2)21(33)29(3)19(17)38-10)7-16(31)27-20-30(9-37-40(34,35)36)14(8-41-20)11-4-5-15(13(23)6-11)39-22(24,25)26;;/h4-6,8H,7,9H2,1-3H3,(H2,34,35,36);;/q;2*+1/p-2. The number of ether oxygens (including phenoxy) is 1. The summed E-state index contributed by atoms with van der Waals surface area (Å²) in [6.07, 6.45) is -5.47. The number of fused-ring (bicyclic) bond motifs is 1. The number of phosphoric acid groups is 1. The fourth-order valence-electron chi connectivity index (χ4n) is 3.87. The van der Waals surface area contributed by atoms with Crippen LogP contribution in [0.1, 0.15) is 11.3 Å². The third-order valence-electron chi connectivity index (χ3n) is 5.73. The Morgan fingerprint density at radius 2 is 1.84 bits per heavy atom. The van der Waals surface area contributed by atoms with E-state index in [9.17, 15) is 41.9 Å². The third-order valence-corrected chi connectivity index (χ3v) is 7.32. The molecule has 0 unspecified atom stereocenters. The van der Waals surface area contributed by atoms with Crippen molar-refractivity contribution in [2.75, 3.05) is 0 Å². The van der Waals surface area contributed by atoms with Crippen LogP contribution >= 0.6 is 30.8 Å². The number of aromatic nitrogens is 3. The Balaban J connectivity index is 0.00000323. The first kappa shape index (κ1) is 37.7. The first-order valence-electron chi connectivity index (χ1n) is 11.1. The van der Waals surface area contributed by atoms with E-state index in [-0.39, 0.29) is 97.6 Å². The van der Waals surface area contributed by atoms with E-state index in [0.29, 0.717) is 0 Å². The van der Waals surface area contributed by atoms with Crippen LogP contribution in [0, 0.1) is 6.92 Å². The summed E-state index contributed by atoms with van der Waals surface area (Å²) in [4.78, 5) is 64.1. The number of hydrogen-bond acceptors (Lipinski definition) is 10. The van der Waals surface area contributed by atoms with Crippen molar-refractivity contribution in [1.29, 1.82) is 0 Å². The van der Waals surface area contributed by atoms with E-state index in [2.05, 4.69) is 14.3 Å². The molecule has 0 radical (unpaired) electrons. The fourth-order valence-corrected chi connectivity index (χ4v) is 5.26. The van der Waals surface area contributed by atoms with Crippen molar-refractivity contribution in [3.8, 4) is 17.0 Å². The van der Waals surface area contributed by atoms with E-state index >= 15 is 0 Å². The Labute approximate surface area is 292 Å². The number of benzene rings is 1. The summed E-state index contributed by atoms with van der Waals surface area (Å²) < 4.78 is 65.7. The van der Waals surface area contributed by atoms with Gasteiger partial charge >= 0.3 is 71.2 Å². The molecule has 13 nitrogen and oxygen atoms in total. The molecule has 0 fully saturated rings. The minimum atomic E-state index is -5.50. The second-order valence-corrected chi connectivity index (χ2v) is 10.8. The van der Waals surface area contributed by atoms with Gasteiger partial charge in [0.05, 0.1) is 25.0 Å². The molecule has 4 aromatic rings. The summed E-state index contributed by atoms with van der Waals surface area (Å²) in [5.74, 6) is -1.34. The Morgan fingerprint density at radius 3 is 2.42 bits per heavy atom. The van der Waals surface area contributed by atoms with Crippen LogP contribution in [0.4, 0.5) is 13.2 Å². The molecule has 0 bridgehead atoms. The monoisotopic (exact) mass is 682 g/mol. The van der Waals surface area contributed by atoms with E-state index in [1.54, 1.807) is 0 Å². The first-order valence-corrected chi connectivity index (χ1v) is 13.8. The Bertz CT molecular complexity index is 1930. The van der Waals surface area contributed by atoms with Gasteiger partial charge in [0.2, 0.25) is 5.71 Å². The van der Waals surface area contributed by atoms with Gasteiger partial charge in [0, 0.05) is 30.6 Å². The molecule has 0 saturated heterocycles. The van der Waals surface area contributed by atoms with Crippen molar-refractivity contribution in [3.05, 3.63) is 65.6 Å². The number of aryl methyl sites for hydroxylation is 2. The molecule has 1 amide bonds. The molecule has 1 aromatic carbocycles. The van der Waals surface area contributed by atoms with Crippen molar-refractivity contribution in [2.24, 2.45) is 19.1 Å². The van der Waals surface area contributed by atoms with E-state index < -0.39 is 55.3 Å². The van der Waals surface area contributed by atoms with E-state index in [1.165, 1.54) is 32.5 Å². The summed E-state index contributed by atoms with van der Waals surface area (Å²) >= 11 is 6.74. The molecule has 0 spiro atoms. The number of thiazole rings is 1. The van der Waals surface area contributed by atoms with Crippen molar-refractivity contribution in [2.45, 2.75) is 26.4 Å². The summed E-state index contributed by atoms with van der Waals surface area (Å²) in [5, 5.41) is 0.925. The maximum atomic E-state index is 13.0. The van der Waals surface area contributed by atoms with E-state index in [4.69, 9.17) is 16.0 Å². The van der Waals surface area contributed by atoms with Gasteiger partial charge in [0.1, 0.15) is 23.6 Å². The number of carbonyl (C=O) groups is 1. The quantitative estimate of drug-likeness (QED) is 0.138. The maximum absolute atomic E-state index is 13.0. The minimum Gasteiger partial charge on any atom is -0.790 e. The SMILES string of the molecule is Cc1oc2c(c1CC(=O)N=c1scc(-c3ccc(OC(F)(F)F)c(Cl)c3)n1COP(=O)([O-])[O-])c(=O)n(C)c(=O)n2C.[Na+].[Na+]. The Kier molecular flexibility index (Phi) is 12.6. The van der Waals surface area contributed by atoms with Crippen molar-refractivity contribution < 1.29 is 105 Å². The molecule has 0 aliphatic carbocycles. The molecule has 0 N–H and O–H groups in total. The molecule has 3 heterocycles. The zero-order chi connectivity index (χ0) is 30.4. The molecule has 4 rings (SSSR count). The molecular weight excluding hydrogens is 666 g/mol. The Hall–Kier alpha value is -1.47. The predicted octanol–water partition coefficient (Wildman–Crippen LogP) is -4.30. The van der Waals surface area contributed by atoms with Crippen LogP contribution in [-0.4, -0.2) is 26.0 Å². The van der Waals surface area contributed by atoms with Gasteiger partial charge in [-0.1, -0.05) is 11.6 Å². The van der Waals surface area contributed by atoms with Crippen molar-refractivity contribution in [1.82, 2.24) is 13.7 Å². The molecule has 3 aromatic heterocycles. The average Bonchev–Trinajstić information content (AvgIpc) is 3.40.